The molecule has 6 heteroatoms. The van der Waals surface area contributed by atoms with Gasteiger partial charge in [0.25, 0.3) is 0 Å². The molecule has 3 N–H and O–H groups in total. The van der Waals surface area contributed by atoms with Crippen molar-refractivity contribution < 1.29 is 9.52 Å². The molecule has 1 rings (SSSR count). The largest absolute Gasteiger partial charge is 0.466 e. The van der Waals surface area contributed by atoms with E-state index < -0.39 is 5.60 Å². The molecule has 1 aromatic rings. The number of hydrogen-bond acceptors (Lipinski definition) is 4. The Morgan fingerprint density at radius 1 is 1.35 bits per heavy atom. The van der Waals surface area contributed by atoms with Crippen molar-refractivity contribution in [3.8, 4) is 0 Å². The van der Waals surface area contributed by atoms with Gasteiger partial charge in [0, 0.05) is 19.1 Å². The van der Waals surface area contributed by atoms with Crippen molar-refractivity contribution in [3.05, 3.63) is 24.2 Å². The van der Waals surface area contributed by atoms with Gasteiger partial charge in [0.2, 0.25) is 0 Å². The van der Waals surface area contributed by atoms with E-state index in [2.05, 4.69) is 41.3 Å². The number of hydrogen-bond donors (Lipinski definition) is 3. The molecule has 0 aliphatic carbocycles. The summed E-state index contributed by atoms with van der Waals surface area (Å²) in [5.74, 6) is 1.23. The fraction of sp³-hybridized carbons (Fsp3) is 0.706. The van der Waals surface area contributed by atoms with Crippen LogP contribution in [0.5, 0.6) is 0 Å². The third-order valence-corrected chi connectivity index (χ3v) is 3.94. The van der Waals surface area contributed by atoms with Crippen LogP contribution >= 0.6 is 0 Å². The van der Waals surface area contributed by atoms with E-state index in [1.54, 1.807) is 25.3 Å². The minimum atomic E-state index is -1.11. The van der Waals surface area contributed by atoms with Crippen molar-refractivity contribution in [1.29, 1.82) is 0 Å². The zero-order valence-electron chi connectivity index (χ0n) is 15.1. The van der Waals surface area contributed by atoms with Gasteiger partial charge in [-0.1, -0.05) is 13.8 Å². The zero-order chi connectivity index (χ0) is 17.3. The van der Waals surface area contributed by atoms with Crippen LogP contribution in [0.2, 0.25) is 0 Å². The summed E-state index contributed by atoms with van der Waals surface area (Å²) in [7, 11) is 0. The average molecular weight is 324 g/mol. The molecule has 1 aromatic heterocycles. The SMILES string of the molecule is CCNC(=NCC(C)(O)c1ccco1)NCC(C)N(CC)CC. The van der Waals surface area contributed by atoms with Crippen LogP contribution in [0.15, 0.2) is 27.8 Å². The minimum absolute atomic E-state index is 0.232. The summed E-state index contributed by atoms with van der Waals surface area (Å²) in [6.07, 6.45) is 1.56. The van der Waals surface area contributed by atoms with E-state index in [0.29, 0.717) is 17.8 Å². The first-order valence-corrected chi connectivity index (χ1v) is 8.47. The number of rotatable bonds is 9. The predicted octanol–water partition coefficient (Wildman–Crippen LogP) is 1.77. The smallest absolute Gasteiger partial charge is 0.191 e. The van der Waals surface area contributed by atoms with Gasteiger partial charge >= 0.3 is 0 Å². The first-order chi connectivity index (χ1) is 10.9. The first kappa shape index (κ1) is 19.5. The van der Waals surface area contributed by atoms with E-state index in [9.17, 15) is 5.11 Å². The van der Waals surface area contributed by atoms with E-state index in [0.717, 1.165) is 26.2 Å². The lowest BCUT2D eigenvalue weighted by Crippen LogP contribution is -2.46. The molecule has 0 aliphatic heterocycles. The van der Waals surface area contributed by atoms with E-state index in [-0.39, 0.29) is 6.54 Å². The van der Waals surface area contributed by atoms with Gasteiger partial charge in [0.05, 0.1) is 12.8 Å². The van der Waals surface area contributed by atoms with Crippen molar-refractivity contribution in [3.63, 3.8) is 0 Å². The second-order valence-corrected chi connectivity index (χ2v) is 5.90. The standard InChI is InChI=1S/C17H32N4O2/c1-6-18-16(19-12-14(4)21(7-2)8-3)20-13-17(5,22)15-10-9-11-23-15/h9-11,14,22H,6-8,12-13H2,1-5H3,(H2,18,19,20). The Balaban J connectivity index is 2.63. The molecule has 2 atom stereocenters. The average Bonchev–Trinajstić information content (AvgIpc) is 3.06. The van der Waals surface area contributed by atoms with Gasteiger partial charge in [-0.2, -0.15) is 0 Å². The summed E-state index contributed by atoms with van der Waals surface area (Å²) < 4.78 is 5.28. The Kier molecular flexibility index (Phi) is 8.12. The normalized spacial score (nSPS) is 16.2. The van der Waals surface area contributed by atoms with Gasteiger partial charge in [-0.25, -0.2) is 4.99 Å². The van der Waals surface area contributed by atoms with Crippen LogP contribution in [0.3, 0.4) is 0 Å². The van der Waals surface area contributed by atoms with Crippen molar-refractivity contribution in [2.24, 2.45) is 4.99 Å². The zero-order valence-corrected chi connectivity index (χ0v) is 15.1. The highest BCUT2D eigenvalue weighted by molar-refractivity contribution is 5.79. The monoisotopic (exact) mass is 324 g/mol. The number of nitrogens with one attached hydrogen (secondary N) is 2. The lowest BCUT2D eigenvalue weighted by atomic mass is 10.0. The Morgan fingerprint density at radius 2 is 2.04 bits per heavy atom. The highest BCUT2D eigenvalue weighted by Crippen LogP contribution is 2.20. The molecule has 6 nitrogen and oxygen atoms in total. The fourth-order valence-electron chi connectivity index (χ4n) is 2.46. The van der Waals surface area contributed by atoms with Crippen LogP contribution in [0, 0.1) is 0 Å². The van der Waals surface area contributed by atoms with Gasteiger partial charge in [-0.05, 0) is 46.0 Å². The summed E-state index contributed by atoms with van der Waals surface area (Å²) >= 11 is 0. The van der Waals surface area contributed by atoms with E-state index >= 15 is 0 Å². The maximum absolute atomic E-state index is 10.5. The Bertz CT molecular complexity index is 453. The number of guanidine groups is 1. The second kappa shape index (κ2) is 9.57. The van der Waals surface area contributed by atoms with Crippen molar-refractivity contribution in [2.45, 2.75) is 46.3 Å². The summed E-state index contributed by atoms with van der Waals surface area (Å²) in [5.41, 5.74) is -1.11. The maximum atomic E-state index is 10.5. The quantitative estimate of drug-likeness (QED) is 0.477. The fourth-order valence-corrected chi connectivity index (χ4v) is 2.46. The van der Waals surface area contributed by atoms with Gasteiger partial charge in [0.1, 0.15) is 11.4 Å². The lowest BCUT2D eigenvalue weighted by molar-refractivity contribution is 0.0437. The van der Waals surface area contributed by atoms with Gasteiger partial charge in [0.15, 0.2) is 5.96 Å². The van der Waals surface area contributed by atoms with Gasteiger partial charge < -0.3 is 20.2 Å². The molecule has 0 radical (unpaired) electrons. The molecule has 0 bridgehead atoms. The molecule has 0 aliphatic rings. The van der Waals surface area contributed by atoms with Crippen LogP contribution < -0.4 is 10.6 Å². The molecule has 0 saturated carbocycles. The van der Waals surface area contributed by atoms with Crippen LogP contribution in [-0.2, 0) is 5.60 Å². The molecular formula is C17H32N4O2. The molecule has 23 heavy (non-hydrogen) atoms. The molecule has 0 saturated heterocycles. The number of furan rings is 1. The van der Waals surface area contributed by atoms with Gasteiger partial charge in [-0.15, -0.1) is 0 Å². The third-order valence-electron chi connectivity index (χ3n) is 3.94. The third kappa shape index (κ3) is 6.23. The number of aliphatic hydroxyl groups is 1. The topological polar surface area (TPSA) is 73.0 Å². The summed E-state index contributed by atoms with van der Waals surface area (Å²) in [6, 6.07) is 3.94. The van der Waals surface area contributed by atoms with E-state index in [1.165, 1.54) is 0 Å². The Hall–Kier alpha value is -1.53. The van der Waals surface area contributed by atoms with Crippen LogP contribution in [0.4, 0.5) is 0 Å². The second-order valence-electron chi connectivity index (χ2n) is 5.90. The summed E-state index contributed by atoms with van der Waals surface area (Å²) in [5, 5.41) is 17.0. The number of likely N-dealkylation sites (N-methyl/N-ethyl adjacent to an activating group) is 1. The molecule has 0 spiro atoms. The molecule has 0 amide bonds. The van der Waals surface area contributed by atoms with E-state index in [4.69, 9.17) is 4.42 Å². The molecule has 132 valence electrons. The van der Waals surface area contributed by atoms with Crippen LogP contribution in [0.25, 0.3) is 0 Å². The minimum Gasteiger partial charge on any atom is -0.466 e. The Labute approximate surface area is 140 Å². The van der Waals surface area contributed by atoms with Gasteiger partial charge in [-0.3, -0.25) is 4.90 Å². The highest BCUT2D eigenvalue weighted by Gasteiger charge is 2.26. The van der Waals surface area contributed by atoms with Crippen LogP contribution in [0.1, 0.15) is 40.4 Å². The van der Waals surface area contributed by atoms with Crippen molar-refractivity contribution in [2.75, 3.05) is 32.7 Å². The summed E-state index contributed by atoms with van der Waals surface area (Å²) in [4.78, 5) is 6.87. The molecular weight excluding hydrogens is 292 g/mol. The lowest BCUT2D eigenvalue weighted by Gasteiger charge is -2.27. The molecule has 2 unspecified atom stereocenters. The Morgan fingerprint density at radius 3 is 2.57 bits per heavy atom. The highest BCUT2D eigenvalue weighted by atomic mass is 16.4. The molecule has 0 fully saturated rings. The van der Waals surface area contributed by atoms with Crippen molar-refractivity contribution in [1.82, 2.24) is 15.5 Å². The molecule has 1 heterocycles. The first-order valence-electron chi connectivity index (χ1n) is 8.47. The van der Waals surface area contributed by atoms with E-state index in [1.807, 2.05) is 6.92 Å². The number of aliphatic imine (C=N–C) groups is 1. The molecule has 0 aromatic carbocycles. The number of nitrogens with zero attached hydrogens (tertiary/aromatic N) is 2. The van der Waals surface area contributed by atoms with Crippen molar-refractivity contribution >= 4 is 5.96 Å². The summed E-state index contributed by atoms with van der Waals surface area (Å²) in [6.45, 7) is 14.1. The van der Waals surface area contributed by atoms with Crippen LogP contribution in [-0.4, -0.2) is 54.7 Å². The predicted molar refractivity (Wildman–Crippen MR) is 94.6 cm³/mol. The maximum Gasteiger partial charge on any atom is 0.191 e.